The maximum Gasteiger partial charge on any atom is 0.286 e. The number of rotatable bonds is 8. The largest absolute Gasteiger partial charge is 0.459 e. The molecule has 2 atom stereocenters. The quantitative estimate of drug-likeness (QED) is 0.678. The lowest BCUT2D eigenvalue weighted by Gasteiger charge is -2.29. The Kier molecular flexibility index (Phi) is 5.76. The van der Waals surface area contributed by atoms with Gasteiger partial charge in [0.05, 0.1) is 6.61 Å². The zero-order chi connectivity index (χ0) is 18.6. The van der Waals surface area contributed by atoms with Gasteiger partial charge in [0.25, 0.3) is 5.91 Å². The van der Waals surface area contributed by atoms with Crippen LogP contribution in [0.4, 0.5) is 0 Å². The Hall–Kier alpha value is -1.89. The van der Waals surface area contributed by atoms with E-state index in [1.54, 1.807) is 11.3 Å². The number of amides is 1. The molecule has 1 aliphatic carbocycles. The molecule has 144 valence electrons. The van der Waals surface area contributed by atoms with E-state index < -0.39 is 6.29 Å². The minimum absolute atomic E-state index is 0.0812. The van der Waals surface area contributed by atoms with Gasteiger partial charge in [-0.2, -0.15) is 0 Å². The number of ether oxygens (including phenoxy) is 2. The molecule has 2 aromatic rings. The van der Waals surface area contributed by atoms with Crippen molar-refractivity contribution in [3.8, 4) is 0 Å². The molecule has 5 nitrogen and oxygen atoms in total. The molecule has 2 heterocycles. The van der Waals surface area contributed by atoms with Crippen LogP contribution < -0.4 is 5.32 Å². The molecular weight excluding hydrogens is 362 g/mol. The molecule has 0 bridgehead atoms. The van der Waals surface area contributed by atoms with Gasteiger partial charge in [-0.05, 0) is 54.2 Å². The molecule has 1 saturated carbocycles. The van der Waals surface area contributed by atoms with E-state index in [1.165, 1.54) is 15.6 Å². The van der Waals surface area contributed by atoms with Crippen molar-refractivity contribution in [2.24, 2.45) is 0 Å². The molecule has 1 fully saturated rings. The molecule has 1 amide bonds. The van der Waals surface area contributed by atoms with E-state index in [4.69, 9.17) is 14.6 Å². The van der Waals surface area contributed by atoms with Crippen LogP contribution in [0.2, 0.25) is 0 Å². The monoisotopic (exact) mass is 387 g/mol. The van der Waals surface area contributed by atoms with Crippen molar-refractivity contribution in [1.82, 2.24) is 5.32 Å². The third-order valence-electron chi connectivity index (χ3n) is 4.96. The second-order valence-electron chi connectivity index (χ2n) is 7.16. The van der Waals surface area contributed by atoms with E-state index >= 15 is 0 Å². The van der Waals surface area contributed by atoms with E-state index in [0.717, 1.165) is 19.3 Å². The van der Waals surface area contributed by atoms with E-state index in [2.05, 4.69) is 22.8 Å². The van der Waals surface area contributed by atoms with Crippen molar-refractivity contribution in [2.75, 3.05) is 13.2 Å². The summed E-state index contributed by atoms with van der Waals surface area (Å²) in [5, 5.41) is 15.3. The smallest absolute Gasteiger partial charge is 0.286 e. The Bertz CT molecular complexity index is 826. The lowest BCUT2D eigenvalue weighted by Crippen LogP contribution is -2.34. The summed E-state index contributed by atoms with van der Waals surface area (Å²) in [7, 11) is 0. The van der Waals surface area contributed by atoms with E-state index in [0.29, 0.717) is 25.2 Å². The normalized spacial score (nSPS) is 22.3. The van der Waals surface area contributed by atoms with Gasteiger partial charge in [-0.15, -0.1) is 11.3 Å². The highest BCUT2D eigenvalue weighted by Gasteiger charge is 2.32. The molecule has 4 rings (SSSR count). The molecular formula is C21H25NO4S. The lowest BCUT2D eigenvalue weighted by molar-refractivity contribution is -0.146. The van der Waals surface area contributed by atoms with Crippen molar-refractivity contribution in [3.63, 3.8) is 0 Å². The predicted molar refractivity (Wildman–Crippen MR) is 106 cm³/mol. The summed E-state index contributed by atoms with van der Waals surface area (Å²) in [4.78, 5) is 12.6. The number of hydrogen-bond acceptors (Lipinski definition) is 5. The number of benzene rings is 1. The minimum Gasteiger partial charge on any atom is -0.459 e. The van der Waals surface area contributed by atoms with Crippen LogP contribution in [0.5, 0.6) is 0 Å². The van der Waals surface area contributed by atoms with Crippen LogP contribution in [0.15, 0.2) is 41.5 Å². The summed E-state index contributed by atoms with van der Waals surface area (Å²) >= 11 is 1.72. The van der Waals surface area contributed by atoms with Gasteiger partial charge in [0.1, 0.15) is 0 Å². The van der Waals surface area contributed by atoms with Crippen LogP contribution in [0.1, 0.15) is 43.6 Å². The number of fused-ring (bicyclic) bond motifs is 1. The van der Waals surface area contributed by atoms with Crippen molar-refractivity contribution < 1.29 is 19.4 Å². The molecule has 1 aromatic heterocycles. The van der Waals surface area contributed by atoms with E-state index in [9.17, 15) is 4.79 Å². The number of allylic oxidation sites excluding steroid dienone is 1. The summed E-state index contributed by atoms with van der Waals surface area (Å²) in [5.74, 6) is 0.295. The number of hydrogen-bond donors (Lipinski definition) is 2. The molecule has 2 aliphatic rings. The van der Waals surface area contributed by atoms with Crippen LogP contribution in [0, 0.1) is 0 Å². The molecule has 2 N–H and O–H groups in total. The molecule has 0 radical (unpaired) electrons. The molecule has 6 heteroatoms. The first kappa shape index (κ1) is 18.5. The maximum atomic E-state index is 12.6. The van der Waals surface area contributed by atoms with Gasteiger partial charge in [0.15, 0.2) is 5.76 Å². The Morgan fingerprint density at radius 3 is 2.96 bits per heavy atom. The van der Waals surface area contributed by atoms with Gasteiger partial charge in [0.2, 0.25) is 6.29 Å². The van der Waals surface area contributed by atoms with Gasteiger partial charge in [-0.25, -0.2) is 0 Å². The van der Waals surface area contributed by atoms with Gasteiger partial charge >= 0.3 is 0 Å². The van der Waals surface area contributed by atoms with Crippen molar-refractivity contribution in [3.05, 3.63) is 47.0 Å². The first-order chi connectivity index (χ1) is 13.2. The molecule has 1 aromatic carbocycles. The Balaban J connectivity index is 1.54. The number of carbonyl (C=O) groups excluding carboxylic acids is 1. The van der Waals surface area contributed by atoms with Gasteiger partial charge in [0, 0.05) is 29.7 Å². The number of carbonyl (C=O) groups is 1. The Labute approximate surface area is 163 Å². The fraction of sp³-hybridized carbons (Fsp3) is 0.476. The van der Waals surface area contributed by atoms with E-state index in [-0.39, 0.29) is 24.5 Å². The average Bonchev–Trinajstić information content (AvgIpc) is 3.40. The summed E-state index contributed by atoms with van der Waals surface area (Å²) < 4.78 is 13.0. The zero-order valence-corrected chi connectivity index (χ0v) is 16.0. The van der Waals surface area contributed by atoms with Crippen LogP contribution in [-0.4, -0.2) is 36.6 Å². The van der Waals surface area contributed by atoms with Gasteiger partial charge in [-0.3, -0.25) is 4.79 Å². The number of aliphatic hydroxyl groups is 1. The Morgan fingerprint density at radius 1 is 1.30 bits per heavy atom. The SMILES string of the molecule is O=C(NC1CC1)C1=C[C@H](c2csc3ccccc23)C[C@H](OCCCCO)O1. The topological polar surface area (TPSA) is 67.8 Å². The second kappa shape index (κ2) is 8.42. The summed E-state index contributed by atoms with van der Waals surface area (Å²) in [6, 6.07) is 8.63. The fourth-order valence-electron chi connectivity index (χ4n) is 3.33. The van der Waals surface area contributed by atoms with Crippen molar-refractivity contribution >= 4 is 27.3 Å². The first-order valence-corrected chi connectivity index (χ1v) is 10.5. The van der Waals surface area contributed by atoms with Crippen LogP contribution in [0.3, 0.4) is 0 Å². The molecule has 0 saturated heterocycles. The minimum atomic E-state index is -0.447. The molecule has 0 unspecified atom stereocenters. The predicted octanol–water partition coefficient (Wildman–Crippen LogP) is 3.68. The number of nitrogens with one attached hydrogen (secondary N) is 1. The second-order valence-corrected chi connectivity index (χ2v) is 8.07. The summed E-state index contributed by atoms with van der Waals surface area (Å²) in [6.07, 6.45) is 5.74. The lowest BCUT2D eigenvalue weighted by atomic mass is 9.92. The highest BCUT2D eigenvalue weighted by atomic mass is 32.1. The van der Waals surface area contributed by atoms with Crippen LogP contribution in [0.25, 0.3) is 10.1 Å². The number of unbranched alkanes of at least 4 members (excludes halogenated alkanes) is 1. The molecule has 1 aliphatic heterocycles. The number of aliphatic hydroxyl groups excluding tert-OH is 1. The Morgan fingerprint density at radius 2 is 2.15 bits per heavy atom. The summed E-state index contributed by atoms with van der Waals surface area (Å²) in [5.41, 5.74) is 1.22. The third-order valence-corrected chi connectivity index (χ3v) is 5.94. The standard InChI is InChI=1S/C21H25NO4S/c23-9-3-4-10-25-20-12-14(11-18(26-20)21(24)22-15-7-8-15)17-13-27-19-6-2-1-5-16(17)19/h1-2,5-6,11,13-15,20,23H,3-4,7-10,12H2,(H,22,24)/t14-,20+/m0/s1. The highest BCUT2D eigenvalue weighted by molar-refractivity contribution is 7.17. The fourth-order valence-corrected chi connectivity index (χ4v) is 4.36. The van der Waals surface area contributed by atoms with Crippen LogP contribution in [-0.2, 0) is 14.3 Å². The van der Waals surface area contributed by atoms with Crippen molar-refractivity contribution in [1.29, 1.82) is 0 Å². The van der Waals surface area contributed by atoms with Crippen LogP contribution >= 0.6 is 11.3 Å². The molecule has 27 heavy (non-hydrogen) atoms. The summed E-state index contributed by atoms with van der Waals surface area (Å²) in [6.45, 7) is 0.674. The average molecular weight is 388 g/mol. The van der Waals surface area contributed by atoms with Gasteiger partial charge < -0.3 is 19.9 Å². The number of thiophene rings is 1. The van der Waals surface area contributed by atoms with E-state index in [1.807, 2.05) is 18.2 Å². The van der Waals surface area contributed by atoms with Gasteiger partial charge in [-0.1, -0.05) is 18.2 Å². The maximum absolute atomic E-state index is 12.6. The highest BCUT2D eigenvalue weighted by Crippen LogP contribution is 2.38. The molecule has 0 spiro atoms. The van der Waals surface area contributed by atoms with Crippen molar-refractivity contribution in [2.45, 2.75) is 50.4 Å². The third kappa shape index (κ3) is 4.51. The zero-order valence-electron chi connectivity index (χ0n) is 15.2. The first-order valence-electron chi connectivity index (χ1n) is 9.62.